The van der Waals surface area contributed by atoms with E-state index in [1.54, 1.807) is 23.5 Å². The molecule has 0 N–H and O–H groups in total. The van der Waals surface area contributed by atoms with Crippen LogP contribution in [0.3, 0.4) is 0 Å². The minimum Gasteiger partial charge on any atom is -0.339 e. The molecule has 0 radical (unpaired) electrons. The van der Waals surface area contributed by atoms with E-state index >= 15 is 0 Å². The second kappa shape index (κ2) is 7.40. The lowest BCUT2D eigenvalue weighted by molar-refractivity contribution is -0.134. The Morgan fingerprint density at radius 2 is 1.86 bits per heavy atom. The molecule has 29 heavy (non-hydrogen) atoms. The van der Waals surface area contributed by atoms with Crippen molar-refractivity contribution in [2.24, 2.45) is 5.92 Å². The summed E-state index contributed by atoms with van der Waals surface area (Å²) in [5, 5.41) is 13.2. The number of thiophene rings is 1. The molecule has 2 aromatic heterocycles. The summed E-state index contributed by atoms with van der Waals surface area (Å²) in [4.78, 5) is 30.7. The van der Waals surface area contributed by atoms with Crippen molar-refractivity contribution >= 4 is 23.2 Å². The zero-order chi connectivity index (χ0) is 19.8. The molecule has 2 unspecified atom stereocenters. The fourth-order valence-electron chi connectivity index (χ4n) is 3.89. The van der Waals surface area contributed by atoms with Gasteiger partial charge in [-0.2, -0.15) is 0 Å². The Hall–Kier alpha value is -3.07. The number of aromatic nitrogens is 4. The van der Waals surface area contributed by atoms with Crippen LogP contribution in [0.1, 0.15) is 27.6 Å². The molecule has 9 heteroatoms. The smallest absolute Gasteiger partial charge is 0.254 e. The van der Waals surface area contributed by atoms with Gasteiger partial charge in [-0.1, -0.05) is 12.1 Å². The van der Waals surface area contributed by atoms with Crippen LogP contribution in [0.4, 0.5) is 0 Å². The van der Waals surface area contributed by atoms with Gasteiger partial charge in [0.2, 0.25) is 5.91 Å². The average Bonchev–Trinajstić information content (AvgIpc) is 3.16. The summed E-state index contributed by atoms with van der Waals surface area (Å²) in [5.41, 5.74) is 1.33. The standard InChI is InChI=1S/C20H20N6O2S/c27-19(14-3-1-4-15(11-14)26-13-21-22-23-26)24-6-8-25(9-7-24)20(28)17-12-16(17)18-5-2-10-29-18/h1-5,10-11,13,16-17H,6-9,12H2. The zero-order valence-corrected chi connectivity index (χ0v) is 16.5. The van der Waals surface area contributed by atoms with Gasteiger partial charge in [0.25, 0.3) is 5.91 Å². The van der Waals surface area contributed by atoms with Crippen LogP contribution in [-0.2, 0) is 4.79 Å². The minimum absolute atomic E-state index is 0.0325. The quantitative estimate of drug-likeness (QED) is 0.657. The van der Waals surface area contributed by atoms with Crippen LogP contribution in [0, 0.1) is 5.92 Å². The van der Waals surface area contributed by atoms with E-state index in [2.05, 4.69) is 27.0 Å². The molecule has 2 atom stereocenters. The summed E-state index contributed by atoms with van der Waals surface area (Å²) < 4.78 is 1.52. The molecule has 0 bridgehead atoms. The Balaban J connectivity index is 1.19. The molecule has 1 saturated heterocycles. The number of benzene rings is 1. The van der Waals surface area contributed by atoms with Crippen molar-refractivity contribution < 1.29 is 9.59 Å². The van der Waals surface area contributed by atoms with Crippen LogP contribution in [0.15, 0.2) is 48.1 Å². The zero-order valence-electron chi connectivity index (χ0n) is 15.7. The van der Waals surface area contributed by atoms with Gasteiger partial charge in [-0.05, 0) is 46.5 Å². The number of carbonyl (C=O) groups excluding carboxylic acids is 2. The van der Waals surface area contributed by atoms with E-state index in [1.807, 2.05) is 28.0 Å². The van der Waals surface area contributed by atoms with Crippen molar-refractivity contribution in [1.82, 2.24) is 30.0 Å². The molecule has 8 nitrogen and oxygen atoms in total. The van der Waals surface area contributed by atoms with Gasteiger partial charge in [-0.15, -0.1) is 16.4 Å². The van der Waals surface area contributed by atoms with Crippen LogP contribution in [0.2, 0.25) is 0 Å². The molecule has 0 spiro atoms. The van der Waals surface area contributed by atoms with Crippen LogP contribution < -0.4 is 0 Å². The third kappa shape index (κ3) is 3.53. The number of hydrogen-bond acceptors (Lipinski definition) is 6. The summed E-state index contributed by atoms with van der Waals surface area (Å²) in [6.45, 7) is 2.28. The highest BCUT2D eigenvalue weighted by Gasteiger charge is 2.46. The number of hydrogen-bond donors (Lipinski definition) is 0. The number of piperazine rings is 1. The van der Waals surface area contributed by atoms with Crippen LogP contribution in [0.5, 0.6) is 0 Å². The van der Waals surface area contributed by atoms with Crippen molar-refractivity contribution in [1.29, 1.82) is 0 Å². The first-order chi connectivity index (χ1) is 14.2. The lowest BCUT2D eigenvalue weighted by Gasteiger charge is -2.35. The molecule has 2 amide bonds. The van der Waals surface area contributed by atoms with Crippen LogP contribution in [0.25, 0.3) is 5.69 Å². The van der Waals surface area contributed by atoms with Gasteiger partial charge in [-0.3, -0.25) is 9.59 Å². The van der Waals surface area contributed by atoms with E-state index in [4.69, 9.17) is 0 Å². The van der Waals surface area contributed by atoms with E-state index in [1.165, 1.54) is 15.9 Å². The molecule has 2 aliphatic rings. The molecule has 1 aliphatic heterocycles. The third-order valence-electron chi connectivity index (χ3n) is 5.60. The van der Waals surface area contributed by atoms with Crippen molar-refractivity contribution in [3.8, 4) is 5.69 Å². The minimum atomic E-state index is -0.0325. The van der Waals surface area contributed by atoms with E-state index < -0.39 is 0 Å². The summed E-state index contributed by atoms with van der Waals surface area (Å²) in [7, 11) is 0. The fourth-order valence-corrected chi connectivity index (χ4v) is 4.80. The van der Waals surface area contributed by atoms with Crippen molar-refractivity contribution in [2.45, 2.75) is 12.3 Å². The Morgan fingerprint density at radius 1 is 1.03 bits per heavy atom. The highest BCUT2D eigenvalue weighted by Crippen LogP contribution is 2.50. The van der Waals surface area contributed by atoms with E-state index in [0.717, 1.165) is 12.1 Å². The van der Waals surface area contributed by atoms with E-state index in [0.29, 0.717) is 37.7 Å². The largest absolute Gasteiger partial charge is 0.339 e. The van der Waals surface area contributed by atoms with Crippen LogP contribution >= 0.6 is 11.3 Å². The summed E-state index contributed by atoms with van der Waals surface area (Å²) in [6, 6.07) is 11.4. The lowest BCUT2D eigenvalue weighted by Crippen LogP contribution is -2.51. The van der Waals surface area contributed by atoms with Gasteiger partial charge in [0.05, 0.1) is 5.69 Å². The van der Waals surface area contributed by atoms with Gasteiger partial charge >= 0.3 is 0 Å². The predicted octanol–water partition coefficient (Wildman–Crippen LogP) is 1.81. The molecule has 1 saturated carbocycles. The first-order valence-electron chi connectivity index (χ1n) is 9.65. The Labute approximate surface area is 171 Å². The second-order valence-corrected chi connectivity index (χ2v) is 8.37. The van der Waals surface area contributed by atoms with Crippen LogP contribution in [-0.4, -0.2) is 68.0 Å². The Bertz CT molecular complexity index is 1010. The number of tetrazole rings is 1. The maximum absolute atomic E-state index is 12.9. The molecule has 1 aromatic carbocycles. The summed E-state index contributed by atoms with van der Waals surface area (Å²) in [6.07, 6.45) is 2.44. The first kappa shape index (κ1) is 18.0. The topological polar surface area (TPSA) is 84.2 Å². The first-order valence-corrected chi connectivity index (χ1v) is 10.5. The molecule has 1 aliphatic carbocycles. The lowest BCUT2D eigenvalue weighted by atomic mass is 10.1. The predicted molar refractivity (Wildman–Crippen MR) is 107 cm³/mol. The van der Waals surface area contributed by atoms with Gasteiger partial charge in [0, 0.05) is 48.5 Å². The third-order valence-corrected chi connectivity index (χ3v) is 6.61. The van der Waals surface area contributed by atoms with Crippen molar-refractivity contribution in [2.75, 3.05) is 26.2 Å². The fraction of sp³-hybridized carbons (Fsp3) is 0.350. The maximum Gasteiger partial charge on any atom is 0.254 e. The van der Waals surface area contributed by atoms with E-state index in [-0.39, 0.29) is 17.7 Å². The van der Waals surface area contributed by atoms with Gasteiger partial charge in [0.15, 0.2) is 0 Å². The van der Waals surface area contributed by atoms with Crippen molar-refractivity contribution in [3.63, 3.8) is 0 Å². The molecule has 148 valence electrons. The normalized spacial score (nSPS) is 21.2. The molecule has 3 aromatic rings. The molecular weight excluding hydrogens is 388 g/mol. The molecule has 3 heterocycles. The summed E-state index contributed by atoms with van der Waals surface area (Å²) >= 11 is 1.73. The summed E-state index contributed by atoms with van der Waals surface area (Å²) in [5.74, 6) is 0.700. The number of amides is 2. The SMILES string of the molecule is O=C(c1cccc(-n2cnnn2)c1)N1CCN(C(=O)C2CC2c2cccs2)CC1. The number of carbonyl (C=O) groups is 2. The number of rotatable bonds is 4. The van der Waals surface area contributed by atoms with Gasteiger partial charge < -0.3 is 9.80 Å². The highest BCUT2D eigenvalue weighted by atomic mass is 32.1. The monoisotopic (exact) mass is 408 g/mol. The number of nitrogens with zero attached hydrogens (tertiary/aromatic N) is 6. The maximum atomic E-state index is 12.9. The van der Waals surface area contributed by atoms with E-state index in [9.17, 15) is 9.59 Å². The van der Waals surface area contributed by atoms with Crippen molar-refractivity contribution in [3.05, 3.63) is 58.5 Å². The Morgan fingerprint density at radius 3 is 2.59 bits per heavy atom. The Kier molecular flexibility index (Phi) is 4.59. The molecule has 2 fully saturated rings. The molecular formula is C20H20N6O2S. The molecule has 5 rings (SSSR count). The highest BCUT2D eigenvalue weighted by molar-refractivity contribution is 7.10. The van der Waals surface area contributed by atoms with Gasteiger partial charge in [-0.25, -0.2) is 4.68 Å². The van der Waals surface area contributed by atoms with Gasteiger partial charge in [0.1, 0.15) is 6.33 Å². The average molecular weight is 408 g/mol. The second-order valence-electron chi connectivity index (χ2n) is 7.39.